The summed E-state index contributed by atoms with van der Waals surface area (Å²) in [5, 5.41) is 4.17. The highest BCUT2D eigenvalue weighted by Gasteiger charge is 2.22. The van der Waals surface area contributed by atoms with E-state index in [4.69, 9.17) is 4.74 Å². The van der Waals surface area contributed by atoms with Gasteiger partial charge < -0.3 is 14.6 Å². The maximum absolute atomic E-state index is 11.7. The van der Waals surface area contributed by atoms with Crippen molar-refractivity contribution in [2.75, 3.05) is 6.61 Å². The van der Waals surface area contributed by atoms with Gasteiger partial charge in [0.1, 0.15) is 5.75 Å². The largest absolute Gasteiger partial charge is 0.494 e. The summed E-state index contributed by atoms with van der Waals surface area (Å²) in [7, 11) is 0. The molecule has 1 heterocycles. The van der Waals surface area contributed by atoms with E-state index < -0.39 is 0 Å². The molecule has 0 atom stereocenters. The van der Waals surface area contributed by atoms with E-state index in [1.54, 1.807) is 0 Å². The number of hydrogen-bond donors (Lipinski definition) is 1. The van der Waals surface area contributed by atoms with Crippen molar-refractivity contribution >= 4 is 16.8 Å². The molecule has 1 aliphatic rings. The van der Waals surface area contributed by atoms with Gasteiger partial charge in [0.25, 0.3) is 0 Å². The Morgan fingerprint density at radius 3 is 3.00 bits per heavy atom. The summed E-state index contributed by atoms with van der Waals surface area (Å²) in [4.78, 5) is 11.7. The standard InChI is InChI=1S/C16H20N2O2/c1-2-20-14-5-6-15-12(11-14)7-9-18(15)10-8-16(19)17-13-3-4-13/h5-7,9,11,13H,2-4,8,10H2,1H3,(H,17,19). The van der Waals surface area contributed by atoms with Gasteiger partial charge in [0.05, 0.1) is 6.61 Å². The van der Waals surface area contributed by atoms with Crippen LogP contribution >= 0.6 is 0 Å². The topological polar surface area (TPSA) is 43.3 Å². The molecule has 106 valence electrons. The minimum absolute atomic E-state index is 0.153. The van der Waals surface area contributed by atoms with Crippen LogP contribution in [0.1, 0.15) is 26.2 Å². The highest BCUT2D eigenvalue weighted by Crippen LogP contribution is 2.22. The summed E-state index contributed by atoms with van der Waals surface area (Å²) < 4.78 is 7.62. The average Bonchev–Trinajstić information content (AvgIpc) is 3.16. The number of nitrogens with one attached hydrogen (secondary N) is 1. The Hall–Kier alpha value is -1.97. The second kappa shape index (κ2) is 5.57. The van der Waals surface area contributed by atoms with Gasteiger partial charge in [-0.1, -0.05) is 0 Å². The number of aromatic nitrogens is 1. The number of carbonyl (C=O) groups is 1. The summed E-state index contributed by atoms with van der Waals surface area (Å²) in [6.07, 6.45) is 4.84. The van der Waals surface area contributed by atoms with Crippen LogP contribution in [0.25, 0.3) is 10.9 Å². The van der Waals surface area contributed by atoms with E-state index in [2.05, 4.69) is 22.0 Å². The molecule has 0 unspecified atom stereocenters. The first-order valence-corrected chi connectivity index (χ1v) is 7.27. The number of carbonyl (C=O) groups excluding carboxylic acids is 1. The van der Waals surface area contributed by atoms with Crippen molar-refractivity contribution in [1.29, 1.82) is 0 Å². The molecule has 20 heavy (non-hydrogen) atoms. The lowest BCUT2D eigenvalue weighted by Gasteiger charge is -2.07. The van der Waals surface area contributed by atoms with Crippen molar-refractivity contribution in [2.45, 2.75) is 38.8 Å². The molecule has 4 nitrogen and oxygen atoms in total. The maximum atomic E-state index is 11.7. The Morgan fingerprint density at radius 2 is 2.25 bits per heavy atom. The van der Waals surface area contributed by atoms with E-state index in [1.807, 2.05) is 25.3 Å². The zero-order chi connectivity index (χ0) is 13.9. The zero-order valence-electron chi connectivity index (χ0n) is 11.8. The van der Waals surface area contributed by atoms with Gasteiger partial charge in [0, 0.05) is 36.1 Å². The van der Waals surface area contributed by atoms with Gasteiger partial charge >= 0.3 is 0 Å². The Morgan fingerprint density at radius 1 is 1.40 bits per heavy atom. The van der Waals surface area contributed by atoms with E-state index in [0.717, 1.165) is 36.0 Å². The second-order valence-corrected chi connectivity index (χ2v) is 5.25. The Balaban J connectivity index is 1.66. The third-order valence-electron chi connectivity index (χ3n) is 3.58. The van der Waals surface area contributed by atoms with Crippen LogP contribution in [0.3, 0.4) is 0 Å². The van der Waals surface area contributed by atoms with Crippen LogP contribution in [0.15, 0.2) is 30.5 Å². The molecule has 1 amide bonds. The van der Waals surface area contributed by atoms with Gasteiger partial charge in [-0.05, 0) is 44.0 Å². The second-order valence-electron chi connectivity index (χ2n) is 5.25. The molecule has 1 aromatic heterocycles. The summed E-state index contributed by atoms with van der Waals surface area (Å²) in [6.45, 7) is 3.37. The number of hydrogen-bond acceptors (Lipinski definition) is 2. The van der Waals surface area contributed by atoms with E-state index >= 15 is 0 Å². The summed E-state index contributed by atoms with van der Waals surface area (Å²) >= 11 is 0. The van der Waals surface area contributed by atoms with Crippen LogP contribution in [-0.2, 0) is 11.3 Å². The minimum atomic E-state index is 0.153. The summed E-state index contributed by atoms with van der Waals surface area (Å²) in [5.41, 5.74) is 1.15. The molecule has 1 N–H and O–H groups in total. The van der Waals surface area contributed by atoms with Crippen molar-refractivity contribution in [3.63, 3.8) is 0 Å². The molecule has 0 aliphatic heterocycles. The first-order valence-electron chi connectivity index (χ1n) is 7.27. The molecule has 0 saturated heterocycles. The normalized spacial score (nSPS) is 14.4. The van der Waals surface area contributed by atoms with Gasteiger partial charge in [-0.2, -0.15) is 0 Å². The predicted octanol–water partition coefficient (Wildman–Crippen LogP) is 2.71. The Kier molecular flexibility index (Phi) is 3.63. The van der Waals surface area contributed by atoms with Crippen LogP contribution < -0.4 is 10.1 Å². The quantitative estimate of drug-likeness (QED) is 0.878. The van der Waals surface area contributed by atoms with Gasteiger partial charge in [-0.3, -0.25) is 4.79 Å². The molecular weight excluding hydrogens is 252 g/mol. The first-order chi connectivity index (χ1) is 9.76. The smallest absolute Gasteiger partial charge is 0.222 e. The van der Waals surface area contributed by atoms with Crippen molar-refractivity contribution < 1.29 is 9.53 Å². The monoisotopic (exact) mass is 272 g/mol. The summed E-state index contributed by atoms with van der Waals surface area (Å²) in [6, 6.07) is 8.58. The molecular formula is C16H20N2O2. The van der Waals surface area contributed by atoms with Gasteiger partial charge in [0.15, 0.2) is 0 Å². The number of amides is 1. The number of fused-ring (bicyclic) bond motifs is 1. The third kappa shape index (κ3) is 2.95. The molecule has 3 rings (SSSR count). The first kappa shape index (κ1) is 13.0. The molecule has 0 bridgehead atoms. The van der Waals surface area contributed by atoms with Gasteiger partial charge in [-0.15, -0.1) is 0 Å². The average molecular weight is 272 g/mol. The number of ether oxygens (including phenoxy) is 1. The zero-order valence-corrected chi connectivity index (χ0v) is 11.8. The number of benzene rings is 1. The van der Waals surface area contributed by atoms with E-state index in [1.165, 1.54) is 0 Å². The summed E-state index contributed by atoms with van der Waals surface area (Å²) in [5.74, 6) is 1.05. The van der Waals surface area contributed by atoms with E-state index in [9.17, 15) is 4.79 Å². The molecule has 4 heteroatoms. The number of rotatable bonds is 6. The van der Waals surface area contributed by atoms with Crippen LogP contribution in [0, 0.1) is 0 Å². The molecule has 1 saturated carbocycles. The van der Waals surface area contributed by atoms with Crippen molar-refractivity contribution in [2.24, 2.45) is 0 Å². The molecule has 0 radical (unpaired) electrons. The molecule has 0 spiro atoms. The highest BCUT2D eigenvalue weighted by molar-refractivity contribution is 5.82. The van der Waals surface area contributed by atoms with Gasteiger partial charge in [0.2, 0.25) is 5.91 Å². The Bertz CT molecular complexity index is 614. The fraction of sp³-hybridized carbons (Fsp3) is 0.438. The van der Waals surface area contributed by atoms with E-state index in [0.29, 0.717) is 19.1 Å². The van der Waals surface area contributed by atoms with Crippen LogP contribution in [0.2, 0.25) is 0 Å². The molecule has 1 aromatic carbocycles. The van der Waals surface area contributed by atoms with Gasteiger partial charge in [-0.25, -0.2) is 0 Å². The van der Waals surface area contributed by atoms with E-state index in [-0.39, 0.29) is 5.91 Å². The van der Waals surface area contributed by atoms with Crippen LogP contribution in [0.4, 0.5) is 0 Å². The third-order valence-corrected chi connectivity index (χ3v) is 3.58. The number of aryl methyl sites for hydroxylation is 1. The fourth-order valence-electron chi connectivity index (χ4n) is 2.38. The Labute approximate surface area is 118 Å². The fourth-order valence-corrected chi connectivity index (χ4v) is 2.38. The number of nitrogens with zero attached hydrogens (tertiary/aromatic N) is 1. The van der Waals surface area contributed by atoms with Crippen LogP contribution in [0.5, 0.6) is 5.75 Å². The van der Waals surface area contributed by atoms with Crippen molar-refractivity contribution in [3.8, 4) is 5.75 Å². The van der Waals surface area contributed by atoms with Crippen molar-refractivity contribution in [3.05, 3.63) is 30.5 Å². The molecule has 2 aromatic rings. The lowest BCUT2D eigenvalue weighted by atomic mass is 10.2. The maximum Gasteiger partial charge on any atom is 0.222 e. The SMILES string of the molecule is CCOc1ccc2c(ccn2CCC(=O)NC2CC2)c1. The molecule has 1 fully saturated rings. The van der Waals surface area contributed by atoms with Crippen LogP contribution in [-0.4, -0.2) is 23.1 Å². The van der Waals surface area contributed by atoms with Crippen molar-refractivity contribution in [1.82, 2.24) is 9.88 Å². The lowest BCUT2D eigenvalue weighted by Crippen LogP contribution is -2.26. The predicted molar refractivity (Wildman–Crippen MR) is 78.9 cm³/mol. The highest BCUT2D eigenvalue weighted by atomic mass is 16.5. The minimum Gasteiger partial charge on any atom is -0.494 e. The molecule has 1 aliphatic carbocycles. The lowest BCUT2D eigenvalue weighted by molar-refractivity contribution is -0.121.